The molecule has 1 rings (SSSR count). The molecule has 0 spiro atoms. The van der Waals surface area contributed by atoms with Crippen molar-refractivity contribution in [3.05, 3.63) is 16.6 Å². The highest BCUT2D eigenvalue weighted by atomic mass is 32.1. The summed E-state index contributed by atoms with van der Waals surface area (Å²) in [6.07, 6.45) is 0.862. The van der Waals surface area contributed by atoms with E-state index in [1.54, 1.807) is 12.3 Å². The number of Topliss-reactive ketones (excluding diaryl/α,β-unsaturated/α-hetero) is 1. The molecule has 25 heavy (non-hydrogen) atoms. The van der Waals surface area contributed by atoms with Crippen molar-refractivity contribution in [2.45, 2.75) is 46.2 Å². The molecule has 0 radical (unpaired) electrons. The minimum atomic E-state index is -1.24. The van der Waals surface area contributed by atoms with E-state index in [0.29, 0.717) is 0 Å². The third-order valence-electron chi connectivity index (χ3n) is 3.82. The number of aromatic nitrogens is 1. The van der Waals surface area contributed by atoms with Crippen molar-refractivity contribution >= 4 is 34.9 Å². The van der Waals surface area contributed by atoms with Gasteiger partial charge in [0, 0.05) is 17.5 Å². The molecular weight excluding hydrogens is 346 g/mol. The Morgan fingerprint density at radius 2 is 1.76 bits per heavy atom. The standard InChI is InChI=1S/C16H23N3O5S/c1-8(2)9(3)14(23)18-10(4)15(24)19-11(7-12(20)21)13(22)16-17-5-6-25-16/h5-6,8-11H,7H2,1-4H3,(H,18,23)(H,19,24)(H,20,21)/t9-,10-,11-/m0/s1. The molecule has 2 amide bonds. The molecule has 1 aromatic heterocycles. The normalized spacial score (nSPS) is 14.4. The zero-order valence-electron chi connectivity index (χ0n) is 14.6. The Morgan fingerprint density at radius 3 is 2.24 bits per heavy atom. The fourth-order valence-electron chi connectivity index (χ4n) is 1.89. The largest absolute Gasteiger partial charge is 0.481 e. The van der Waals surface area contributed by atoms with E-state index in [2.05, 4.69) is 15.6 Å². The molecule has 3 atom stereocenters. The van der Waals surface area contributed by atoms with Crippen molar-refractivity contribution in [3.8, 4) is 0 Å². The van der Waals surface area contributed by atoms with Crippen LogP contribution in [0.5, 0.6) is 0 Å². The van der Waals surface area contributed by atoms with E-state index >= 15 is 0 Å². The first kappa shape index (κ1) is 20.8. The molecule has 0 saturated heterocycles. The monoisotopic (exact) mass is 369 g/mol. The van der Waals surface area contributed by atoms with Gasteiger partial charge in [0.05, 0.1) is 6.42 Å². The third kappa shape index (κ3) is 6.26. The second-order valence-electron chi connectivity index (χ2n) is 6.12. The SMILES string of the molecule is CC(C)[C@H](C)C(=O)N[C@@H](C)C(=O)N[C@@H](CC(=O)O)C(=O)c1nccs1. The summed E-state index contributed by atoms with van der Waals surface area (Å²) in [7, 11) is 0. The number of carboxylic acid groups (broad SMARTS) is 1. The van der Waals surface area contributed by atoms with E-state index in [-0.39, 0.29) is 22.8 Å². The number of carboxylic acids is 1. The Labute approximate surface area is 150 Å². The molecule has 138 valence electrons. The number of thiazole rings is 1. The zero-order chi connectivity index (χ0) is 19.1. The Morgan fingerprint density at radius 1 is 1.12 bits per heavy atom. The van der Waals surface area contributed by atoms with Crippen LogP contribution in [-0.4, -0.2) is 45.7 Å². The molecule has 0 fully saturated rings. The minimum Gasteiger partial charge on any atom is -0.481 e. The number of carbonyl (C=O) groups excluding carboxylic acids is 3. The van der Waals surface area contributed by atoms with Crippen molar-refractivity contribution in [3.63, 3.8) is 0 Å². The summed E-state index contributed by atoms with van der Waals surface area (Å²) in [5, 5.41) is 15.6. The first-order valence-corrected chi connectivity index (χ1v) is 8.77. The lowest BCUT2D eigenvalue weighted by Crippen LogP contribution is -2.52. The van der Waals surface area contributed by atoms with Gasteiger partial charge in [-0.25, -0.2) is 4.98 Å². The molecule has 0 saturated carbocycles. The lowest BCUT2D eigenvalue weighted by molar-refractivity contribution is -0.138. The van der Waals surface area contributed by atoms with E-state index in [0.717, 1.165) is 11.3 Å². The maximum Gasteiger partial charge on any atom is 0.305 e. The molecule has 0 aliphatic carbocycles. The van der Waals surface area contributed by atoms with Gasteiger partial charge in [0.25, 0.3) is 0 Å². The van der Waals surface area contributed by atoms with Crippen LogP contribution in [0, 0.1) is 11.8 Å². The Balaban J connectivity index is 2.75. The predicted octanol–water partition coefficient (Wildman–Crippen LogP) is 1.08. The van der Waals surface area contributed by atoms with Crippen LogP contribution >= 0.6 is 11.3 Å². The van der Waals surface area contributed by atoms with Gasteiger partial charge < -0.3 is 15.7 Å². The number of hydrogen-bond donors (Lipinski definition) is 3. The molecule has 9 heteroatoms. The molecule has 1 heterocycles. The molecule has 8 nitrogen and oxygen atoms in total. The Hall–Kier alpha value is -2.29. The summed E-state index contributed by atoms with van der Waals surface area (Å²) in [6.45, 7) is 7.02. The van der Waals surface area contributed by atoms with Crippen molar-refractivity contribution in [1.82, 2.24) is 15.6 Å². The van der Waals surface area contributed by atoms with Crippen LogP contribution in [0.3, 0.4) is 0 Å². The average Bonchev–Trinajstić information content (AvgIpc) is 3.06. The maximum absolute atomic E-state index is 12.3. The Kier molecular flexibility index (Phi) is 7.69. The number of nitrogens with zero attached hydrogens (tertiary/aromatic N) is 1. The summed E-state index contributed by atoms with van der Waals surface area (Å²) in [4.78, 5) is 51.4. The van der Waals surface area contributed by atoms with Gasteiger partial charge in [-0.1, -0.05) is 20.8 Å². The topological polar surface area (TPSA) is 125 Å². The number of aliphatic carboxylic acids is 1. The van der Waals surface area contributed by atoms with E-state index in [9.17, 15) is 19.2 Å². The zero-order valence-corrected chi connectivity index (χ0v) is 15.4. The van der Waals surface area contributed by atoms with Crippen LogP contribution in [-0.2, 0) is 14.4 Å². The highest BCUT2D eigenvalue weighted by molar-refractivity contribution is 7.11. The summed E-state index contributed by atoms with van der Waals surface area (Å²) < 4.78 is 0. The van der Waals surface area contributed by atoms with Crippen LogP contribution in [0.15, 0.2) is 11.6 Å². The second kappa shape index (κ2) is 9.26. The van der Waals surface area contributed by atoms with Crippen molar-refractivity contribution in [1.29, 1.82) is 0 Å². The number of carbonyl (C=O) groups is 4. The number of ketones is 1. The summed E-state index contributed by atoms with van der Waals surface area (Å²) in [5.41, 5.74) is 0. The highest BCUT2D eigenvalue weighted by Gasteiger charge is 2.29. The van der Waals surface area contributed by atoms with Crippen LogP contribution in [0.2, 0.25) is 0 Å². The number of nitrogens with one attached hydrogen (secondary N) is 2. The molecule has 0 aliphatic rings. The number of rotatable bonds is 9. The van der Waals surface area contributed by atoms with E-state index in [1.165, 1.54) is 13.1 Å². The summed E-state index contributed by atoms with van der Waals surface area (Å²) in [5.74, 6) is -2.86. The van der Waals surface area contributed by atoms with Gasteiger partial charge in [0.2, 0.25) is 17.6 Å². The van der Waals surface area contributed by atoms with Gasteiger partial charge in [0.1, 0.15) is 12.1 Å². The second-order valence-corrected chi connectivity index (χ2v) is 7.02. The van der Waals surface area contributed by atoms with Crippen molar-refractivity contribution in [2.75, 3.05) is 0 Å². The fraction of sp³-hybridized carbons (Fsp3) is 0.562. The van der Waals surface area contributed by atoms with E-state index in [4.69, 9.17) is 5.11 Å². The van der Waals surface area contributed by atoms with E-state index < -0.39 is 36.2 Å². The first-order chi connectivity index (χ1) is 11.6. The van der Waals surface area contributed by atoms with Gasteiger partial charge in [-0.05, 0) is 12.8 Å². The highest BCUT2D eigenvalue weighted by Crippen LogP contribution is 2.11. The molecule has 0 aromatic carbocycles. The lowest BCUT2D eigenvalue weighted by Gasteiger charge is -2.21. The van der Waals surface area contributed by atoms with Gasteiger partial charge >= 0.3 is 5.97 Å². The smallest absolute Gasteiger partial charge is 0.305 e. The number of hydrogen-bond acceptors (Lipinski definition) is 6. The minimum absolute atomic E-state index is 0.113. The van der Waals surface area contributed by atoms with Gasteiger partial charge in [-0.3, -0.25) is 19.2 Å². The summed E-state index contributed by atoms with van der Waals surface area (Å²) >= 11 is 1.07. The molecule has 3 N–H and O–H groups in total. The van der Waals surface area contributed by atoms with Crippen LogP contribution in [0.25, 0.3) is 0 Å². The molecule has 0 bridgehead atoms. The Bertz CT molecular complexity index is 630. The van der Waals surface area contributed by atoms with E-state index in [1.807, 2.05) is 13.8 Å². The quantitative estimate of drug-likeness (QED) is 0.559. The maximum atomic E-state index is 12.3. The van der Waals surface area contributed by atoms with Crippen LogP contribution in [0.1, 0.15) is 43.9 Å². The third-order valence-corrected chi connectivity index (χ3v) is 4.61. The van der Waals surface area contributed by atoms with Gasteiger partial charge in [-0.15, -0.1) is 11.3 Å². The lowest BCUT2D eigenvalue weighted by atomic mass is 9.97. The van der Waals surface area contributed by atoms with Crippen molar-refractivity contribution in [2.24, 2.45) is 11.8 Å². The molecule has 1 aromatic rings. The average molecular weight is 369 g/mol. The molecule has 0 aliphatic heterocycles. The molecular formula is C16H23N3O5S. The van der Waals surface area contributed by atoms with Crippen LogP contribution in [0.4, 0.5) is 0 Å². The first-order valence-electron chi connectivity index (χ1n) is 7.89. The fourth-order valence-corrected chi connectivity index (χ4v) is 2.52. The summed E-state index contributed by atoms with van der Waals surface area (Å²) in [6, 6.07) is -2.13. The van der Waals surface area contributed by atoms with Crippen molar-refractivity contribution < 1.29 is 24.3 Å². The van der Waals surface area contributed by atoms with Crippen LogP contribution < -0.4 is 10.6 Å². The predicted molar refractivity (Wildman–Crippen MR) is 92.2 cm³/mol. The number of amides is 2. The van der Waals surface area contributed by atoms with Gasteiger partial charge in [-0.2, -0.15) is 0 Å². The van der Waals surface area contributed by atoms with Gasteiger partial charge in [0.15, 0.2) is 5.01 Å². The molecule has 0 unspecified atom stereocenters.